The lowest BCUT2D eigenvalue weighted by Crippen LogP contribution is -3.28. The summed E-state index contributed by atoms with van der Waals surface area (Å²) in [6, 6.07) is 0. The Hall–Kier alpha value is -1.05. The van der Waals surface area contributed by atoms with Crippen LogP contribution in [-0.4, -0.2) is 55.4 Å². The minimum Gasteiger partial charge on any atom is -0.326 e. The monoisotopic (exact) mass is 271 g/mol. The molecule has 0 aromatic carbocycles. The highest BCUT2D eigenvalue weighted by Crippen LogP contribution is 2.06. The number of quaternary nitrogens is 2. The molecule has 2 rings (SSSR count). The Morgan fingerprint density at radius 3 is 2.72 bits per heavy atom. The molecule has 7 heteroatoms. The van der Waals surface area contributed by atoms with E-state index in [1.807, 2.05) is 0 Å². The summed E-state index contributed by atoms with van der Waals surface area (Å²) >= 11 is 1.35. The number of carbonyl (C=O) groups excluding carboxylic acids is 1. The summed E-state index contributed by atoms with van der Waals surface area (Å²) in [6.07, 6.45) is 1.24. The molecule has 1 aromatic heterocycles. The van der Waals surface area contributed by atoms with E-state index in [0.717, 1.165) is 13.1 Å². The van der Waals surface area contributed by atoms with Crippen molar-refractivity contribution < 1.29 is 14.6 Å². The first kappa shape index (κ1) is 13.4. The molecule has 0 saturated carbocycles. The van der Waals surface area contributed by atoms with Crippen molar-refractivity contribution >= 4 is 22.4 Å². The second-order valence-corrected chi connectivity index (χ2v) is 5.55. The van der Waals surface area contributed by atoms with Crippen molar-refractivity contribution in [2.75, 3.05) is 44.6 Å². The van der Waals surface area contributed by atoms with Gasteiger partial charge in [-0.15, -0.1) is 10.2 Å². The van der Waals surface area contributed by atoms with Crippen LogP contribution in [0.1, 0.15) is 13.3 Å². The van der Waals surface area contributed by atoms with Crippen LogP contribution < -0.4 is 15.1 Å². The number of hydrogen-bond donors (Lipinski definition) is 3. The van der Waals surface area contributed by atoms with Gasteiger partial charge in [-0.2, -0.15) is 0 Å². The summed E-state index contributed by atoms with van der Waals surface area (Å²) in [5.74, 6) is 0.0423. The summed E-state index contributed by atoms with van der Waals surface area (Å²) in [6.45, 7) is 8.53. The third kappa shape index (κ3) is 4.01. The van der Waals surface area contributed by atoms with Crippen LogP contribution in [0.2, 0.25) is 0 Å². The van der Waals surface area contributed by atoms with E-state index in [9.17, 15) is 4.79 Å². The minimum atomic E-state index is 0.0423. The lowest BCUT2D eigenvalue weighted by Gasteiger charge is -2.28. The van der Waals surface area contributed by atoms with Gasteiger partial charge in [-0.25, -0.2) is 0 Å². The number of aromatic nitrogens is 2. The van der Waals surface area contributed by atoms with Crippen LogP contribution in [0.25, 0.3) is 0 Å². The number of nitrogens with one attached hydrogen (secondary N) is 3. The molecule has 1 aromatic rings. The Bertz CT molecular complexity index is 362. The van der Waals surface area contributed by atoms with Gasteiger partial charge in [-0.1, -0.05) is 18.3 Å². The Kier molecular flexibility index (Phi) is 5.03. The Morgan fingerprint density at radius 1 is 1.39 bits per heavy atom. The van der Waals surface area contributed by atoms with E-state index in [4.69, 9.17) is 0 Å². The largest absolute Gasteiger partial charge is 0.326 e. The van der Waals surface area contributed by atoms with Crippen LogP contribution in [0.15, 0.2) is 5.51 Å². The van der Waals surface area contributed by atoms with Crippen LogP contribution in [0.4, 0.5) is 5.13 Å². The molecule has 1 aliphatic rings. The Labute approximate surface area is 111 Å². The molecule has 2 heterocycles. The van der Waals surface area contributed by atoms with Gasteiger partial charge >= 0.3 is 0 Å². The first-order valence-corrected chi connectivity index (χ1v) is 7.39. The van der Waals surface area contributed by atoms with Crippen molar-refractivity contribution in [3.05, 3.63) is 5.51 Å². The standard InChI is InChI=1S/C11H19N5OS/c1-2-3-15-4-6-16(7-5-15)8-10(17)13-11-14-12-9-18-11/h9H,2-8H2,1H3,(H,13,14,17)/p+2. The maximum Gasteiger partial charge on any atom is 0.281 e. The van der Waals surface area contributed by atoms with Crippen LogP contribution >= 0.6 is 11.3 Å². The van der Waals surface area contributed by atoms with Crippen molar-refractivity contribution in [3.63, 3.8) is 0 Å². The lowest BCUT2D eigenvalue weighted by atomic mass is 10.3. The second-order valence-electron chi connectivity index (χ2n) is 4.72. The van der Waals surface area contributed by atoms with Crippen LogP contribution in [0.5, 0.6) is 0 Å². The molecular formula is C11H21N5OS+2. The molecule has 0 radical (unpaired) electrons. The van der Waals surface area contributed by atoms with Gasteiger partial charge in [0.15, 0.2) is 6.54 Å². The average Bonchev–Trinajstić information content (AvgIpc) is 2.84. The van der Waals surface area contributed by atoms with Crippen LogP contribution in [0, 0.1) is 0 Å². The summed E-state index contributed by atoms with van der Waals surface area (Å²) in [4.78, 5) is 14.8. The zero-order valence-corrected chi connectivity index (χ0v) is 11.6. The van der Waals surface area contributed by atoms with Gasteiger partial charge in [-0.3, -0.25) is 10.1 Å². The van der Waals surface area contributed by atoms with Crippen molar-refractivity contribution in [3.8, 4) is 0 Å². The van der Waals surface area contributed by atoms with E-state index in [1.54, 1.807) is 10.4 Å². The number of piperazine rings is 1. The molecule has 0 atom stereocenters. The predicted octanol–water partition coefficient (Wildman–Crippen LogP) is -2.33. The Balaban J connectivity index is 1.69. The molecule has 1 amide bonds. The van der Waals surface area contributed by atoms with Gasteiger partial charge in [0, 0.05) is 0 Å². The number of nitrogens with zero attached hydrogens (tertiary/aromatic N) is 2. The maximum atomic E-state index is 11.8. The molecule has 0 unspecified atom stereocenters. The third-order valence-corrected chi connectivity index (χ3v) is 3.89. The van der Waals surface area contributed by atoms with E-state index < -0.39 is 0 Å². The van der Waals surface area contributed by atoms with E-state index in [2.05, 4.69) is 22.4 Å². The quantitative estimate of drug-likeness (QED) is 0.563. The number of anilines is 1. The molecule has 1 saturated heterocycles. The SMILES string of the molecule is CCC[NH+]1CC[NH+](CC(=O)Nc2nncs2)CC1. The van der Waals surface area contributed by atoms with E-state index >= 15 is 0 Å². The number of hydrogen-bond acceptors (Lipinski definition) is 4. The molecule has 100 valence electrons. The number of carbonyl (C=O) groups is 1. The molecule has 3 N–H and O–H groups in total. The van der Waals surface area contributed by atoms with Crippen LogP contribution in [0.3, 0.4) is 0 Å². The van der Waals surface area contributed by atoms with Gasteiger partial charge < -0.3 is 9.80 Å². The molecule has 0 aliphatic carbocycles. The van der Waals surface area contributed by atoms with Crippen molar-refractivity contribution in [1.82, 2.24) is 10.2 Å². The maximum absolute atomic E-state index is 11.8. The number of rotatable bonds is 5. The fourth-order valence-electron chi connectivity index (χ4n) is 2.36. The summed E-state index contributed by atoms with van der Waals surface area (Å²) in [7, 11) is 0. The van der Waals surface area contributed by atoms with Gasteiger partial charge in [0.25, 0.3) is 5.91 Å². The fraction of sp³-hybridized carbons (Fsp3) is 0.727. The lowest BCUT2D eigenvalue weighted by molar-refractivity contribution is -1.01. The molecule has 0 spiro atoms. The summed E-state index contributed by atoms with van der Waals surface area (Å²) < 4.78 is 0. The summed E-state index contributed by atoms with van der Waals surface area (Å²) in [5, 5.41) is 10.9. The van der Waals surface area contributed by atoms with Gasteiger partial charge in [0.2, 0.25) is 5.13 Å². The molecular weight excluding hydrogens is 250 g/mol. The second kappa shape index (κ2) is 6.77. The van der Waals surface area contributed by atoms with E-state index in [1.165, 1.54) is 42.3 Å². The molecule has 1 aliphatic heterocycles. The molecule has 18 heavy (non-hydrogen) atoms. The topological polar surface area (TPSA) is 63.8 Å². The van der Waals surface area contributed by atoms with E-state index in [0.29, 0.717) is 11.7 Å². The highest BCUT2D eigenvalue weighted by atomic mass is 32.1. The normalized spacial score (nSPS) is 23.8. The van der Waals surface area contributed by atoms with Gasteiger partial charge in [0.1, 0.15) is 31.7 Å². The average molecular weight is 271 g/mol. The zero-order valence-electron chi connectivity index (χ0n) is 10.7. The van der Waals surface area contributed by atoms with Crippen molar-refractivity contribution in [1.29, 1.82) is 0 Å². The van der Waals surface area contributed by atoms with Gasteiger partial charge in [-0.05, 0) is 6.42 Å². The fourth-order valence-corrected chi connectivity index (χ4v) is 2.82. The third-order valence-electron chi connectivity index (χ3n) is 3.28. The highest BCUT2D eigenvalue weighted by Gasteiger charge is 2.24. The molecule has 0 bridgehead atoms. The molecule has 6 nitrogen and oxygen atoms in total. The summed E-state index contributed by atoms with van der Waals surface area (Å²) in [5.41, 5.74) is 1.62. The van der Waals surface area contributed by atoms with Gasteiger partial charge in [0.05, 0.1) is 6.54 Å². The smallest absolute Gasteiger partial charge is 0.281 e. The highest BCUT2D eigenvalue weighted by molar-refractivity contribution is 7.13. The van der Waals surface area contributed by atoms with Crippen molar-refractivity contribution in [2.45, 2.75) is 13.3 Å². The predicted molar refractivity (Wildman–Crippen MR) is 70.0 cm³/mol. The first-order chi connectivity index (χ1) is 8.78. The van der Waals surface area contributed by atoms with Crippen molar-refractivity contribution in [2.24, 2.45) is 0 Å². The molecule has 1 fully saturated rings. The van der Waals surface area contributed by atoms with E-state index in [-0.39, 0.29) is 5.91 Å². The number of amides is 1. The Morgan fingerprint density at radius 2 is 2.11 bits per heavy atom. The minimum absolute atomic E-state index is 0.0423. The first-order valence-electron chi connectivity index (χ1n) is 6.51. The van der Waals surface area contributed by atoms with Crippen LogP contribution in [-0.2, 0) is 4.79 Å². The zero-order chi connectivity index (χ0) is 12.8.